The second-order valence-corrected chi connectivity index (χ2v) is 8.49. The first-order valence-corrected chi connectivity index (χ1v) is 10.9. The number of primary amides is 1. The van der Waals surface area contributed by atoms with E-state index in [9.17, 15) is 29.1 Å². The molecule has 1 aromatic heterocycles. The van der Waals surface area contributed by atoms with Gasteiger partial charge in [0.2, 0.25) is 11.2 Å². The highest BCUT2D eigenvalue weighted by atomic mass is 16.4. The van der Waals surface area contributed by atoms with Crippen molar-refractivity contribution in [1.29, 1.82) is 0 Å². The molecule has 1 aliphatic rings. The predicted molar refractivity (Wildman–Crippen MR) is 127 cm³/mol. The van der Waals surface area contributed by atoms with Crippen molar-refractivity contribution in [3.05, 3.63) is 71.9 Å². The Labute approximate surface area is 204 Å². The van der Waals surface area contributed by atoms with Crippen LogP contribution in [0.2, 0.25) is 0 Å². The van der Waals surface area contributed by atoms with Gasteiger partial charge in [-0.2, -0.15) is 5.01 Å². The molecule has 186 valence electrons. The van der Waals surface area contributed by atoms with Crippen LogP contribution in [0, 0.1) is 0 Å². The maximum Gasteiger partial charge on any atom is 0.343 e. The largest absolute Gasteiger partial charge is 0.479 e. The lowest BCUT2D eigenvalue weighted by atomic mass is 9.89. The normalized spacial score (nSPS) is 23.4. The summed E-state index contributed by atoms with van der Waals surface area (Å²) in [6, 6.07) is 14.9. The lowest BCUT2D eigenvalue weighted by molar-refractivity contribution is -0.143. The first-order valence-electron chi connectivity index (χ1n) is 10.9. The molecule has 4 atom stereocenters. The minimum absolute atomic E-state index is 0.0420. The van der Waals surface area contributed by atoms with Gasteiger partial charge in [-0.1, -0.05) is 48.5 Å². The number of carbonyl (C=O) groups is 5. The van der Waals surface area contributed by atoms with E-state index in [2.05, 4.69) is 5.32 Å². The highest BCUT2D eigenvalue weighted by Crippen LogP contribution is 2.46. The molecule has 1 fully saturated rings. The molecule has 2 heterocycles. The summed E-state index contributed by atoms with van der Waals surface area (Å²) in [5, 5.41) is 13.6. The molecule has 3 amide bonds. The number of carboxylic acid groups (broad SMARTS) is 1. The number of carboxylic acids is 1. The third-order valence-electron chi connectivity index (χ3n) is 6.42. The van der Waals surface area contributed by atoms with Gasteiger partial charge in [-0.3, -0.25) is 20.7 Å². The maximum absolute atomic E-state index is 13.8. The van der Waals surface area contributed by atoms with Gasteiger partial charge < -0.3 is 25.5 Å². The van der Waals surface area contributed by atoms with Crippen LogP contribution < -0.4 is 22.2 Å². The molecule has 3 aromatic rings. The Morgan fingerprint density at radius 2 is 1.72 bits per heavy atom. The fraction of sp³-hybridized carbons (Fsp3) is 0.208. The van der Waals surface area contributed by atoms with E-state index in [0.717, 1.165) is 10.9 Å². The zero-order valence-corrected chi connectivity index (χ0v) is 19.2. The van der Waals surface area contributed by atoms with Crippen molar-refractivity contribution in [3.8, 4) is 0 Å². The summed E-state index contributed by atoms with van der Waals surface area (Å²) in [5.74, 6) is -3.39. The fourth-order valence-corrected chi connectivity index (χ4v) is 4.50. The number of urea groups is 1. The maximum atomic E-state index is 13.8. The van der Waals surface area contributed by atoms with Crippen LogP contribution in [0.4, 0.5) is 4.79 Å². The number of aryl methyl sites for hydroxylation is 1. The summed E-state index contributed by atoms with van der Waals surface area (Å²) in [5.41, 5.74) is 9.50. The first kappa shape index (κ1) is 24.6. The lowest BCUT2D eigenvalue weighted by Gasteiger charge is -2.21. The quantitative estimate of drug-likeness (QED) is 0.152. The number of nitrogens with zero attached hydrogens (tertiary/aromatic N) is 2. The summed E-state index contributed by atoms with van der Waals surface area (Å²) in [4.78, 5) is 62.7. The number of nitrogens with one attached hydrogen (secondary N) is 2. The number of aldehydes is 1. The van der Waals surface area contributed by atoms with E-state index >= 15 is 0 Å². The Morgan fingerprint density at radius 1 is 1.08 bits per heavy atom. The molecule has 12 heteroatoms. The fourth-order valence-electron chi connectivity index (χ4n) is 4.50. The number of fused-ring (bicyclic) bond motifs is 1. The number of hydrazine groups is 1. The van der Waals surface area contributed by atoms with E-state index < -0.39 is 40.9 Å². The minimum Gasteiger partial charge on any atom is -0.479 e. The zero-order valence-electron chi connectivity index (χ0n) is 19.2. The summed E-state index contributed by atoms with van der Waals surface area (Å²) in [6.07, 6.45) is -0.0363. The van der Waals surface area contributed by atoms with Crippen LogP contribution >= 0.6 is 0 Å². The third-order valence-corrected chi connectivity index (χ3v) is 6.42. The van der Waals surface area contributed by atoms with Crippen molar-refractivity contribution in [2.45, 2.75) is 23.7 Å². The highest BCUT2D eigenvalue weighted by molar-refractivity contribution is 6.18. The third kappa shape index (κ3) is 3.68. The SMILES string of the molecule is Cn1c(C(=O)N[C@@H](Cc2ccccc2)C(=O)[C@]2(C=O)N(NC(N)=O)C2(N)C(=O)O)cc2ccccc21. The number of hydrogen-bond donors (Lipinski definition) is 5. The number of amides is 3. The molecular weight excluding hydrogens is 468 g/mol. The number of ketones is 1. The molecular formula is C24H24N6O6. The number of aliphatic carboxylic acids is 1. The molecule has 0 spiro atoms. The van der Waals surface area contributed by atoms with Gasteiger partial charge in [0.25, 0.3) is 5.91 Å². The van der Waals surface area contributed by atoms with E-state index in [1.165, 1.54) is 0 Å². The van der Waals surface area contributed by atoms with E-state index in [-0.39, 0.29) is 18.4 Å². The van der Waals surface area contributed by atoms with Gasteiger partial charge in [-0.25, -0.2) is 9.59 Å². The van der Waals surface area contributed by atoms with E-state index in [4.69, 9.17) is 11.5 Å². The average molecular weight is 492 g/mol. The lowest BCUT2D eigenvalue weighted by Crippen LogP contribution is -2.55. The molecule has 0 bridgehead atoms. The molecule has 7 N–H and O–H groups in total. The summed E-state index contributed by atoms with van der Waals surface area (Å²) < 4.78 is 1.65. The van der Waals surface area contributed by atoms with Crippen LogP contribution in [0.15, 0.2) is 60.7 Å². The van der Waals surface area contributed by atoms with Crippen LogP contribution in [-0.4, -0.2) is 61.9 Å². The Hall–Kier alpha value is -4.55. The molecule has 4 rings (SSSR count). The van der Waals surface area contributed by atoms with Crippen molar-refractivity contribution in [1.82, 2.24) is 20.3 Å². The molecule has 0 aliphatic carbocycles. The van der Waals surface area contributed by atoms with Crippen LogP contribution in [0.3, 0.4) is 0 Å². The first-order chi connectivity index (χ1) is 17.1. The smallest absolute Gasteiger partial charge is 0.343 e. The Bertz CT molecular complexity index is 1390. The zero-order chi connectivity index (χ0) is 26.3. The number of hydrogen-bond acceptors (Lipinski definition) is 7. The number of carbonyl (C=O) groups excluding carboxylic acids is 4. The number of rotatable bonds is 9. The van der Waals surface area contributed by atoms with Gasteiger partial charge in [-0.05, 0) is 24.1 Å². The topological polar surface area (TPSA) is 190 Å². The minimum atomic E-state index is -2.60. The molecule has 0 saturated carbocycles. The van der Waals surface area contributed by atoms with Gasteiger partial charge in [0.1, 0.15) is 5.69 Å². The van der Waals surface area contributed by atoms with E-state index in [1.54, 1.807) is 48.0 Å². The molecule has 1 aliphatic heterocycles. The molecule has 1 saturated heterocycles. The van der Waals surface area contributed by atoms with Gasteiger partial charge in [-0.15, -0.1) is 0 Å². The Morgan fingerprint density at radius 3 is 2.31 bits per heavy atom. The van der Waals surface area contributed by atoms with Gasteiger partial charge in [0.05, 0.1) is 6.04 Å². The number of para-hydroxylation sites is 1. The van der Waals surface area contributed by atoms with Crippen LogP contribution in [0.25, 0.3) is 10.9 Å². The second-order valence-electron chi connectivity index (χ2n) is 8.49. The van der Waals surface area contributed by atoms with Crippen molar-refractivity contribution >= 4 is 40.9 Å². The highest BCUT2D eigenvalue weighted by Gasteiger charge is 2.84. The average Bonchev–Trinajstić information content (AvgIpc) is 3.20. The van der Waals surface area contributed by atoms with Crippen LogP contribution in [-0.2, 0) is 27.9 Å². The number of Topliss-reactive ketones (excluding diaryl/α,β-unsaturated/α-hetero) is 1. The Kier molecular flexibility index (Phi) is 6.08. The van der Waals surface area contributed by atoms with Crippen molar-refractivity contribution in [2.24, 2.45) is 18.5 Å². The molecule has 0 radical (unpaired) electrons. The number of aromatic nitrogens is 1. The molecule has 12 nitrogen and oxygen atoms in total. The summed E-state index contributed by atoms with van der Waals surface area (Å²) in [7, 11) is 1.69. The van der Waals surface area contributed by atoms with Gasteiger partial charge >= 0.3 is 12.0 Å². The standard InChI is InChI=1S/C24H24N6O6/c1-29-17-10-6-5-9-15(17)12-18(29)20(33)27-16(11-14-7-3-2-4-8-14)19(32)23(13-31)24(26,21(34)35)30(23)28-22(25)36/h2-10,12-13,16H,11,26H2,1H3,(H,27,33)(H,34,35)(H3,25,28,36)/t16-,23-,24?,30?/m0/s1. The van der Waals surface area contributed by atoms with E-state index in [1.807, 2.05) is 29.7 Å². The molecule has 36 heavy (non-hydrogen) atoms. The number of benzene rings is 2. The predicted octanol–water partition coefficient (Wildman–Crippen LogP) is -0.335. The second kappa shape index (κ2) is 8.91. The van der Waals surface area contributed by atoms with Crippen molar-refractivity contribution < 1.29 is 29.1 Å². The van der Waals surface area contributed by atoms with Crippen molar-refractivity contribution in [2.75, 3.05) is 0 Å². The van der Waals surface area contributed by atoms with Gasteiger partial charge in [0, 0.05) is 18.0 Å². The number of nitrogens with two attached hydrogens (primary N) is 2. The van der Waals surface area contributed by atoms with Crippen molar-refractivity contribution in [3.63, 3.8) is 0 Å². The van der Waals surface area contributed by atoms with E-state index in [0.29, 0.717) is 10.6 Å². The Balaban J connectivity index is 1.73. The summed E-state index contributed by atoms with van der Waals surface area (Å²) >= 11 is 0. The summed E-state index contributed by atoms with van der Waals surface area (Å²) in [6.45, 7) is 0. The monoisotopic (exact) mass is 492 g/mol. The van der Waals surface area contributed by atoms with Crippen LogP contribution in [0.1, 0.15) is 16.1 Å². The van der Waals surface area contributed by atoms with Crippen LogP contribution in [0.5, 0.6) is 0 Å². The van der Waals surface area contributed by atoms with Gasteiger partial charge in [0.15, 0.2) is 12.1 Å². The molecule has 2 unspecified atom stereocenters. The molecule has 2 aromatic carbocycles.